The quantitative estimate of drug-likeness (QED) is 0.558. The molecule has 0 bridgehead atoms. The molecule has 0 amide bonds. The van der Waals surface area contributed by atoms with E-state index in [0.717, 1.165) is 0 Å². The van der Waals surface area contributed by atoms with Crippen LogP contribution in [0.25, 0.3) is 0 Å². The van der Waals surface area contributed by atoms with Gasteiger partial charge in [0.05, 0.1) is 0 Å². The van der Waals surface area contributed by atoms with Crippen molar-refractivity contribution in [2.24, 2.45) is 0 Å². The van der Waals surface area contributed by atoms with Crippen molar-refractivity contribution in [3.8, 4) is 0 Å². The maximum absolute atomic E-state index is 8.40. The summed E-state index contributed by atoms with van der Waals surface area (Å²) >= 11 is 0. The topological polar surface area (TPSA) is 34.1 Å². The van der Waals surface area contributed by atoms with Gasteiger partial charge in [-0.2, -0.15) is 0 Å². The zero-order chi connectivity index (χ0) is 2.71. The summed E-state index contributed by atoms with van der Waals surface area (Å²) in [7, 11) is -1.42. The standard InChI is InChI=1S/Cr.Cu.Ni.O2Si.Zn/c;;;1-3-2;. The van der Waals surface area contributed by atoms with Gasteiger partial charge in [-0.3, -0.25) is 8.92 Å². The number of rotatable bonds is 0. The van der Waals surface area contributed by atoms with Crippen molar-refractivity contribution in [1.29, 1.82) is 0 Å². The zero-order valence-corrected chi connectivity index (χ0v) is 10.2. The molecule has 0 aliphatic carbocycles. The molecule has 0 atom stereocenters. The van der Waals surface area contributed by atoms with E-state index >= 15 is 0 Å². The molecule has 45 valence electrons. The summed E-state index contributed by atoms with van der Waals surface area (Å²) in [6.45, 7) is 0. The Morgan fingerprint density at radius 1 is 1.14 bits per heavy atom. The summed E-state index contributed by atoms with van der Waals surface area (Å²) in [5, 5.41) is 0. The van der Waals surface area contributed by atoms with Gasteiger partial charge in [0.25, 0.3) is 0 Å². The van der Waals surface area contributed by atoms with Crippen LogP contribution < -0.4 is 0 Å². The van der Waals surface area contributed by atoms with Gasteiger partial charge in [0.15, 0.2) is 0 Å². The van der Waals surface area contributed by atoms with E-state index in [1.807, 2.05) is 0 Å². The maximum atomic E-state index is 8.40. The van der Waals surface area contributed by atoms with Crippen LogP contribution in [0.2, 0.25) is 0 Å². The molecule has 0 rings (SSSR count). The number of hydrogen-bond donors (Lipinski definition) is 0. The number of hydrogen-bond acceptors (Lipinski definition) is 2. The molecule has 0 aliphatic rings. The molecule has 2 nitrogen and oxygen atoms in total. The molecular formula is CrCuNiO2SiZn. The van der Waals surface area contributed by atoms with E-state index < -0.39 is 9.29 Å². The van der Waals surface area contributed by atoms with E-state index in [-0.39, 0.29) is 70.4 Å². The van der Waals surface area contributed by atoms with Gasteiger partial charge < -0.3 is 0 Å². The summed E-state index contributed by atoms with van der Waals surface area (Å²) in [6.07, 6.45) is 0. The maximum Gasteiger partial charge on any atom is 0.549 e. The van der Waals surface area contributed by atoms with Crippen LogP contribution in [-0.2, 0) is 79.3 Å². The molecule has 0 aromatic rings. The Bertz CT molecular complexity index is 38.7. The predicted octanol–water partition coefficient (Wildman–Crippen LogP) is -0.628. The summed E-state index contributed by atoms with van der Waals surface area (Å²) in [4.78, 5) is 0. The molecule has 0 heterocycles. The Morgan fingerprint density at radius 3 is 1.14 bits per heavy atom. The summed E-state index contributed by atoms with van der Waals surface area (Å²) in [5.41, 5.74) is 0. The minimum atomic E-state index is -1.42. The molecule has 0 aromatic heterocycles. The van der Waals surface area contributed by atoms with E-state index in [9.17, 15) is 0 Å². The minimum Gasteiger partial charge on any atom is -0.274 e. The largest absolute Gasteiger partial charge is 0.549 e. The van der Waals surface area contributed by atoms with Crippen LogP contribution >= 0.6 is 0 Å². The normalized spacial score (nSPS) is 1.14. The molecule has 7 heteroatoms. The first kappa shape index (κ1) is 36.1. The molecule has 0 aromatic carbocycles. The van der Waals surface area contributed by atoms with Crippen LogP contribution in [0.1, 0.15) is 0 Å². The predicted molar refractivity (Wildman–Crippen MR) is 7.13 cm³/mol. The van der Waals surface area contributed by atoms with Crippen molar-refractivity contribution >= 4 is 9.29 Å². The first-order valence-corrected chi connectivity index (χ1v) is 1.22. The van der Waals surface area contributed by atoms with Crippen molar-refractivity contribution < 1.29 is 79.3 Å². The van der Waals surface area contributed by atoms with E-state index in [1.165, 1.54) is 0 Å². The molecule has 0 aliphatic heterocycles. The Labute approximate surface area is 87.8 Å². The molecular weight excluding hydrogens is 300 g/mol. The van der Waals surface area contributed by atoms with Gasteiger partial charge in [-0.1, -0.05) is 0 Å². The Hall–Kier alpha value is 1.99. The average molecular weight is 300 g/mol. The molecule has 1 radical (unpaired) electrons. The minimum absolute atomic E-state index is 0. The van der Waals surface area contributed by atoms with Crippen LogP contribution in [0.3, 0.4) is 0 Å². The summed E-state index contributed by atoms with van der Waals surface area (Å²) < 4.78 is 16.8. The summed E-state index contributed by atoms with van der Waals surface area (Å²) in [5.74, 6) is 0. The van der Waals surface area contributed by atoms with Gasteiger partial charge >= 0.3 is 9.29 Å². The fourth-order valence-electron chi connectivity index (χ4n) is 0. The Morgan fingerprint density at radius 2 is 1.14 bits per heavy atom. The van der Waals surface area contributed by atoms with Crippen molar-refractivity contribution in [1.82, 2.24) is 0 Å². The van der Waals surface area contributed by atoms with Crippen molar-refractivity contribution in [2.45, 2.75) is 0 Å². The van der Waals surface area contributed by atoms with Crippen LogP contribution in [0.15, 0.2) is 0 Å². The van der Waals surface area contributed by atoms with Crippen LogP contribution in [0.4, 0.5) is 0 Å². The van der Waals surface area contributed by atoms with Crippen LogP contribution in [-0.4, -0.2) is 9.29 Å². The molecule has 0 saturated carbocycles. The first-order valence-electron chi connectivity index (χ1n) is 0.408. The second-order valence-electron chi connectivity index (χ2n) is 0.0833. The fraction of sp³-hybridized carbons (Fsp3) is 0. The average Bonchev–Trinajstić information content (AvgIpc) is 0.918. The molecule has 0 fully saturated rings. The zero-order valence-electron chi connectivity index (χ0n) is 3.05. The second kappa shape index (κ2) is 43.7. The van der Waals surface area contributed by atoms with Gasteiger partial charge in [0.2, 0.25) is 0 Å². The molecule has 0 N–H and O–H groups in total. The van der Waals surface area contributed by atoms with Gasteiger partial charge in [0.1, 0.15) is 0 Å². The molecule has 0 spiro atoms. The monoisotopic (exact) mass is 297 g/mol. The van der Waals surface area contributed by atoms with E-state index in [0.29, 0.717) is 0 Å². The van der Waals surface area contributed by atoms with Gasteiger partial charge in [-0.25, -0.2) is 0 Å². The van der Waals surface area contributed by atoms with Crippen molar-refractivity contribution in [2.75, 3.05) is 0 Å². The third kappa shape index (κ3) is 72.6. The molecule has 0 saturated heterocycles. The van der Waals surface area contributed by atoms with Crippen molar-refractivity contribution in [3.63, 3.8) is 0 Å². The summed E-state index contributed by atoms with van der Waals surface area (Å²) in [6, 6.07) is 0. The molecule has 0 unspecified atom stereocenters. The molecule has 7 heavy (non-hydrogen) atoms. The Kier molecular flexibility index (Phi) is 225. The first-order chi connectivity index (χ1) is 1.41. The van der Waals surface area contributed by atoms with Gasteiger partial charge in [-0.15, -0.1) is 0 Å². The van der Waals surface area contributed by atoms with Gasteiger partial charge in [0, 0.05) is 70.4 Å². The smallest absolute Gasteiger partial charge is 0.274 e. The second-order valence-corrected chi connectivity index (χ2v) is 0.250. The van der Waals surface area contributed by atoms with E-state index in [4.69, 9.17) is 8.92 Å². The van der Waals surface area contributed by atoms with Gasteiger partial charge in [-0.05, 0) is 0 Å². The fourth-order valence-corrected chi connectivity index (χ4v) is 0. The third-order valence-electron chi connectivity index (χ3n) is 0. The van der Waals surface area contributed by atoms with Crippen LogP contribution in [0.5, 0.6) is 0 Å². The third-order valence-corrected chi connectivity index (χ3v) is 0. The van der Waals surface area contributed by atoms with Crippen LogP contribution in [0, 0.1) is 0 Å². The van der Waals surface area contributed by atoms with E-state index in [1.54, 1.807) is 0 Å². The van der Waals surface area contributed by atoms with Crippen molar-refractivity contribution in [3.05, 3.63) is 0 Å². The Balaban J connectivity index is -0.00000000333. The van der Waals surface area contributed by atoms with E-state index in [2.05, 4.69) is 0 Å². The SMILES string of the molecule is O=[Si]=O.[Cr].[Cu].[Ni].[Zn].